The number of esters is 2. The number of ether oxygens (including phenoxy) is 1. The Hall–Kier alpha value is -4.70. The fourth-order valence-corrected chi connectivity index (χ4v) is 4.05. The van der Waals surface area contributed by atoms with Crippen molar-refractivity contribution in [3.05, 3.63) is 65.2 Å². The van der Waals surface area contributed by atoms with Gasteiger partial charge in [0.1, 0.15) is 6.04 Å². The molecule has 0 saturated carbocycles. The summed E-state index contributed by atoms with van der Waals surface area (Å²) < 4.78 is 41.7. The minimum atomic E-state index is -5.39. The number of rotatable bonds is 6. The molecule has 0 bridgehead atoms. The van der Waals surface area contributed by atoms with E-state index in [1.807, 2.05) is 0 Å². The number of fused-ring (bicyclic) bond motifs is 1. The average molecular weight is 559 g/mol. The molecule has 0 fully saturated rings. The second-order valence-corrected chi connectivity index (χ2v) is 8.76. The number of likely N-dealkylation sites (N-methyl/N-ethyl adjacent to an activating group) is 1. The van der Waals surface area contributed by atoms with Crippen molar-refractivity contribution in [3.8, 4) is 11.8 Å². The summed E-state index contributed by atoms with van der Waals surface area (Å²) in [7, 11) is 1.44. The summed E-state index contributed by atoms with van der Waals surface area (Å²) in [5.74, 6) is -1.11. The Balaban J connectivity index is 2.04. The van der Waals surface area contributed by atoms with Crippen LogP contribution in [0.5, 0.6) is 0 Å². The van der Waals surface area contributed by atoms with E-state index in [1.165, 1.54) is 37.1 Å². The lowest BCUT2D eigenvalue weighted by Crippen LogP contribution is -2.46. The van der Waals surface area contributed by atoms with Crippen LogP contribution in [-0.2, 0) is 23.9 Å². The first-order valence-electron chi connectivity index (χ1n) is 12.0. The highest BCUT2D eigenvalue weighted by molar-refractivity contribution is 6.11. The van der Waals surface area contributed by atoms with Gasteiger partial charge in [0.2, 0.25) is 0 Å². The molecule has 2 unspecified atom stereocenters. The van der Waals surface area contributed by atoms with Gasteiger partial charge in [-0.2, -0.15) is 13.2 Å². The maximum Gasteiger partial charge on any atom is 0.491 e. The van der Waals surface area contributed by atoms with Gasteiger partial charge in [0, 0.05) is 37.7 Å². The van der Waals surface area contributed by atoms with Gasteiger partial charge in [-0.1, -0.05) is 36.3 Å². The zero-order valence-electron chi connectivity index (χ0n) is 21.4. The number of amides is 3. The van der Waals surface area contributed by atoms with Crippen LogP contribution in [0.25, 0.3) is 0 Å². The molecule has 40 heavy (non-hydrogen) atoms. The smallest absolute Gasteiger partial charge is 0.386 e. The molecule has 10 nitrogen and oxygen atoms in total. The van der Waals surface area contributed by atoms with Crippen molar-refractivity contribution in [2.75, 3.05) is 25.0 Å². The van der Waals surface area contributed by atoms with Gasteiger partial charge in [-0.3, -0.25) is 19.2 Å². The Kier molecular flexibility index (Phi) is 9.28. The molecule has 1 aliphatic rings. The van der Waals surface area contributed by atoms with Gasteiger partial charge in [-0.25, -0.2) is 4.79 Å². The molecular weight excluding hydrogens is 533 g/mol. The van der Waals surface area contributed by atoms with Gasteiger partial charge in [0.25, 0.3) is 17.7 Å². The first-order chi connectivity index (χ1) is 18.8. The van der Waals surface area contributed by atoms with Crippen LogP contribution >= 0.6 is 0 Å². The quantitative estimate of drug-likeness (QED) is 0.313. The van der Waals surface area contributed by atoms with Gasteiger partial charge in [-0.15, -0.1) is 0 Å². The molecular formula is C27H25F3N4O6. The molecule has 13 heteroatoms. The molecule has 1 heterocycles. The van der Waals surface area contributed by atoms with Crippen LogP contribution in [0.4, 0.5) is 18.9 Å². The molecule has 0 aliphatic carbocycles. The summed E-state index contributed by atoms with van der Waals surface area (Å²) in [5, 5.41) is 2.48. The maximum atomic E-state index is 14.0. The molecule has 1 aliphatic heterocycles. The van der Waals surface area contributed by atoms with Crippen LogP contribution in [-0.4, -0.2) is 66.9 Å². The third-order valence-electron chi connectivity index (χ3n) is 5.91. The lowest BCUT2D eigenvalue weighted by molar-refractivity contribution is -0.202. The van der Waals surface area contributed by atoms with Crippen LogP contribution in [0.15, 0.2) is 48.5 Å². The SMILES string of the molecule is CC(CC(=O)OC(=O)C(F)(F)F)N1C(=O)c2cc(C#CC(=O)NCCN)ccc2N(C)C(=O)C1c1ccccc1. The number of alkyl halides is 3. The van der Waals surface area contributed by atoms with E-state index in [-0.39, 0.29) is 29.9 Å². The summed E-state index contributed by atoms with van der Waals surface area (Å²) in [5.41, 5.74) is 6.19. The van der Waals surface area contributed by atoms with Gasteiger partial charge in [0.15, 0.2) is 0 Å². The van der Waals surface area contributed by atoms with Crippen LogP contribution in [0, 0.1) is 11.8 Å². The minimum absolute atomic E-state index is 0.00460. The van der Waals surface area contributed by atoms with Gasteiger partial charge in [0.05, 0.1) is 17.7 Å². The second kappa shape index (κ2) is 12.4. The summed E-state index contributed by atoms with van der Waals surface area (Å²) >= 11 is 0. The molecule has 3 rings (SSSR count). The van der Waals surface area contributed by atoms with Crippen molar-refractivity contribution in [1.29, 1.82) is 0 Å². The summed E-state index contributed by atoms with van der Waals surface area (Å²) in [4.78, 5) is 65.2. The van der Waals surface area contributed by atoms with Gasteiger partial charge < -0.3 is 25.6 Å². The highest BCUT2D eigenvalue weighted by Gasteiger charge is 2.44. The number of nitrogens with zero attached hydrogens (tertiary/aromatic N) is 2. The van der Waals surface area contributed by atoms with Crippen LogP contribution in [0.3, 0.4) is 0 Å². The fourth-order valence-electron chi connectivity index (χ4n) is 4.05. The number of nitrogens with two attached hydrogens (primary N) is 1. The standard InChI is InChI=1S/C27H25F3N4O6/c1-16(14-22(36)40-26(39)27(28,29)30)34-23(18-6-4-3-5-7-18)25(38)33(2)20-10-8-17(15-19(20)24(34)37)9-11-21(35)32-13-12-31/h3-8,10,15-16,23H,12-14,31H2,1-2H3,(H,32,35). The van der Waals surface area contributed by atoms with Crippen molar-refractivity contribution in [2.24, 2.45) is 5.73 Å². The largest absolute Gasteiger partial charge is 0.491 e. The predicted octanol–water partition coefficient (Wildman–Crippen LogP) is 1.68. The predicted molar refractivity (Wildman–Crippen MR) is 135 cm³/mol. The number of halogens is 3. The molecule has 2 aromatic carbocycles. The van der Waals surface area contributed by atoms with E-state index in [1.54, 1.807) is 30.3 Å². The molecule has 2 atom stereocenters. The van der Waals surface area contributed by atoms with Gasteiger partial charge in [-0.05, 0) is 30.7 Å². The van der Waals surface area contributed by atoms with Crippen LogP contribution < -0.4 is 16.0 Å². The van der Waals surface area contributed by atoms with Crippen LogP contribution in [0.2, 0.25) is 0 Å². The number of hydrogen-bond donors (Lipinski definition) is 2. The Morgan fingerprint density at radius 1 is 1.12 bits per heavy atom. The Morgan fingerprint density at radius 3 is 2.42 bits per heavy atom. The number of carbonyl (C=O) groups is 5. The summed E-state index contributed by atoms with van der Waals surface area (Å²) in [6, 6.07) is 10.0. The molecule has 0 aromatic heterocycles. The molecule has 3 amide bonds. The molecule has 3 N–H and O–H groups in total. The summed E-state index contributed by atoms with van der Waals surface area (Å²) in [6.45, 7) is 1.78. The number of nitrogens with one attached hydrogen (secondary N) is 1. The first-order valence-corrected chi connectivity index (χ1v) is 12.0. The minimum Gasteiger partial charge on any atom is -0.386 e. The number of hydrogen-bond acceptors (Lipinski definition) is 7. The van der Waals surface area contributed by atoms with Crippen molar-refractivity contribution < 1.29 is 41.9 Å². The lowest BCUT2D eigenvalue weighted by Gasteiger charge is -2.34. The van der Waals surface area contributed by atoms with Crippen molar-refractivity contribution >= 4 is 35.3 Å². The van der Waals surface area contributed by atoms with Crippen LogP contribution in [0.1, 0.15) is 40.9 Å². The van der Waals surface area contributed by atoms with Gasteiger partial charge >= 0.3 is 18.1 Å². The summed E-state index contributed by atoms with van der Waals surface area (Å²) in [6.07, 6.45) is -6.20. The molecule has 0 spiro atoms. The zero-order valence-corrected chi connectivity index (χ0v) is 21.4. The molecule has 210 valence electrons. The monoisotopic (exact) mass is 558 g/mol. The van der Waals surface area contributed by atoms with E-state index < -0.39 is 54.3 Å². The number of benzene rings is 2. The van der Waals surface area contributed by atoms with E-state index in [2.05, 4.69) is 21.9 Å². The topological polar surface area (TPSA) is 139 Å². The van der Waals surface area contributed by atoms with Crippen molar-refractivity contribution in [3.63, 3.8) is 0 Å². The van der Waals surface area contributed by atoms with E-state index in [0.717, 1.165) is 4.90 Å². The lowest BCUT2D eigenvalue weighted by atomic mass is 10.0. The maximum absolute atomic E-state index is 14.0. The Labute approximate surface area is 227 Å². The van der Waals surface area contributed by atoms with E-state index in [4.69, 9.17) is 5.73 Å². The third kappa shape index (κ3) is 6.83. The molecule has 0 saturated heterocycles. The Bertz CT molecular complexity index is 1380. The number of anilines is 1. The highest BCUT2D eigenvalue weighted by atomic mass is 19.4. The average Bonchev–Trinajstić information content (AvgIpc) is 2.99. The highest BCUT2D eigenvalue weighted by Crippen LogP contribution is 2.36. The zero-order chi connectivity index (χ0) is 29.6. The Morgan fingerprint density at radius 2 is 1.80 bits per heavy atom. The van der Waals surface area contributed by atoms with Crippen molar-refractivity contribution in [1.82, 2.24) is 10.2 Å². The van der Waals surface area contributed by atoms with E-state index in [0.29, 0.717) is 5.56 Å². The normalized spacial score (nSPS) is 15.8. The fraction of sp³-hybridized carbons (Fsp3) is 0.296. The third-order valence-corrected chi connectivity index (χ3v) is 5.91. The molecule has 2 aromatic rings. The van der Waals surface area contributed by atoms with E-state index >= 15 is 0 Å². The second-order valence-electron chi connectivity index (χ2n) is 8.76. The van der Waals surface area contributed by atoms with Crippen molar-refractivity contribution in [2.45, 2.75) is 31.6 Å². The van der Waals surface area contributed by atoms with E-state index in [9.17, 15) is 37.1 Å². The molecule has 0 radical (unpaired) electrons. The number of carbonyl (C=O) groups excluding carboxylic acids is 5. The first kappa shape index (κ1) is 29.9.